The first-order chi connectivity index (χ1) is 13.4. The lowest BCUT2D eigenvalue weighted by Crippen LogP contribution is -2.39. The molecule has 0 saturated heterocycles. The van der Waals surface area contributed by atoms with Gasteiger partial charge < -0.3 is 11.1 Å². The zero-order chi connectivity index (χ0) is 20.1. The summed E-state index contributed by atoms with van der Waals surface area (Å²) in [5, 5.41) is 3.27. The van der Waals surface area contributed by atoms with E-state index in [2.05, 4.69) is 19.4 Å². The summed E-state index contributed by atoms with van der Waals surface area (Å²) >= 11 is 7.01. The minimum Gasteiger partial charge on any atom is -0.384 e. The molecule has 0 aliphatic heterocycles. The number of anilines is 2. The molecule has 1 aromatic heterocycles. The van der Waals surface area contributed by atoms with E-state index < -0.39 is 20.7 Å². The lowest BCUT2D eigenvalue weighted by atomic mass is 9.77. The Balaban J connectivity index is 1.51. The zero-order valence-corrected chi connectivity index (χ0v) is 17.6. The molecular formula is C17H23ClFN5O2S2. The summed E-state index contributed by atoms with van der Waals surface area (Å²) in [6.07, 6.45) is 7.82. The summed E-state index contributed by atoms with van der Waals surface area (Å²) in [6.45, 7) is 0.630. The minimum absolute atomic E-state index is 0.0561. The maximum absolute atomic E-state index is 14.4. The van der Waals surface area contributed by atoms with Crippen LogP contribution in [0, 0.1) is 11.7 Å². The Kier molecular flexibility index (Phi) is 7.08. The van der Waals surface area contributed by atoms with Crippen molar-refractivity contribution in [2.24, 2.45) is 11.7 Å². The summed E-state index contributed by atoms with van der Waals surface area (Å²) < 4.78 is 44.9. The van der Waals surface area contributed by atoms with Gasteiger partial charge in [0.1, 0.15) is 17.0 Å². The van der Waals surface area contributed by atoms with Gasteiger partial charge in [0.05, 0.1) is 10.7 Å². The van der Waals surface area contributed by atoms with Crippen LogP contribution in [0.2, 0.25) is 5.02 Å². The van der Waals surface area contributed by atoms with Crippen LogP contribution in [-0.2, 0) is 10.0 Å². The fourth-order valence-electron chi connectivity index (χ4n) is 3.14. The van der Waals surface area contributed by atoms with Crippen molar-refractivity contribution in [1.29, 1.82) is 0 Å². The van der Waals surface area contributed by atoms with E-state index in [1.807, 2.05) is 0 Å². The quantitative estimate of drug-likeness (QED) is 0.477. The van der Waals surface area contributed by atoms with Crippen LogP contribution < -0.4 is 15.8 Å². The maximum atomic E-state index is 14.4. The molecule has 1 saturated carbocycles. The van der Waals surface area contributed by atoms with Crippen LogP contribution in [0.3, 0.4) is 0 Å². The molecule has 2 atom stereocenters. The van der Waals surface area contributed by atoms with Gasteiger partial charge in [-0.2, -0.15) is 4.37 Å². The van der Waals surface area contributed by atoms with Gasteiger partial charge in [-0.3, -0.25) is 4.72 Å². The van der Waals surface area contributed by atoms with E-state index in [-0.39, 0.29) is 10.2 Å². The van der Waals surface area contributed by atoms with Crippen molar-refractivity contribution < 1.29 is 12.8 Å². The predicted octanol–water partition coefficient (Wildman–Crippen LogP) is 3.84. The van der Waals surface area contributed by atoms with Gasteiger partial charge in [0, 0.05) is 24.1 Å². The number of benzene rings is 1. The van der Waals surface area contributed by atoms with Crippen LogP contribution in [0.5, 0.6) is 0 Å². The molecule has 1 heterocycles. The highest BCUT2D eigenvalue weighted by molar-refractivity contribution is 7.93. The van der Waals surface area contributed by atoms with Crippen molar-refractivity contribution in [1.82, 2.24) is 9.36 Å². The highest BCUT2D eigenvalue weighted by Crippen LogP contribution is 2.31. The summed E-state index contributed by atoms with van der Waals surface area (Å²) in [4.78, 5) is 3.20. The number of rotatable bonds is 10. The van der Waals surface area contributed by atoms with Crippen LogP contribution >= 0.6 is 23.1 Å². The number of nitrogens with zero attached hydrogens (tertiary/aromatic N) is 2. The van der Waals surface area contributed by atoms with Crippen LogP contribution in [0.15, 0.2) is 23.4 Å². The van der Waals surface area contributed by atoms with Gasteiger partial charge in [-0.25, -0.2) is 17.8 Å². The lowest BCUT2D eigenvalue weighted by Gasteiger charge is -2.33. The fraction of sp³-hybridized carbons (Fsp3) is 0.529. The monoisotopic (exact) mass is 447 g/mol. The largest absolute Gasteiger partial charge is 0.384 e. The van der Waals surface area contributed by atoms with E-state index in [0.29, 0.717) is 24.2 Å². The smallest absolute Gasteiger partial charge is 0.266 e. The Morgan fingerprint density at radius 3 is 2.75 bits per heavy atom. The molecule has 11 heteroatoms. The predicted molar refractivity (Wildman–Crippen MR) is 110 cm³/mol. The van der Waals surface area contributed by atoms with E-state index in [1.165, 1.54) is 12.7 Å². The molecule has 0 bridgehead atoms. The Bertz CT molecular complexity index is 895. The van der Waals surface area contributed by atoms with E-state index >= 15 is 0 Å². The molecule has 0 amide bonds. The van der Waals surface area contributed by atoms with Gasteiger partial charge in [-0.05, 0) is 43.7 Å². The molecule has 1 aromatic carbocycles. The Labute approximate surface area is 173 Å². The number of nitrogens with two attached hydrogens (primary N) is 1. The number of nitrogens with one attached hydrogen (secondary N) is 2. The van der Waals surface area contributed by atoms with E-state index in [9.17, 15) is 12.8 Å². The first kappa shape index (κ1) is 21.2. The third-order valence-corrected chi connectivity index (χ3v) is 7.31. The van der Waals surface area contributed by atoms with Crippen molar-refractivity contribution in [3.8, 4) is 0 Å². The Hall–Kier alpha value is -1.49. The Morgan fingerprint density at radius 1 is 1.29 bits per heavy atom. The van der Waals surface area contributed by atoms with Gasteiger partial charge in [0.2, 0.25) is 5.13 Å². The molecule has 1 aliphatic carbocycles. The molecule has 1 fully saturated rings. The molecule has 1 aliphatic rings. The van der Waals surface area contributed by atoms with Crippen LogP contribution in [0.1, 0.15) is 38.5 Å². The third-order valence-electron chi connectivity index (χ3n) is 4.94. The second-order valence-electron chi connectivity index (χ2n) is 6.89. The molecule has 0 spiro atoms. The average molecular weight is 448 g/mol. The minimum atomic E-state index is -4.13. The highest BCUT2D eigenvalue weighted by atomic mass is 35.5. The fourth-order valence-corrected chi connectivity index (χ4v) is 5.19. The molecule has 3 rings (SSSR count). The van der Waals surface area contributed by atoms with Crippen LogP contribution in [-0.4, -0.2) is 30.4 Å². The number of halogens is 2. The molecule has 4 N–H and O–H groups in total. The first-order valence-electron chi connectivity index (χ1n) is 9.15. The first-order valence-corrected chi connectivity index (χ1v) is 11.8. The normalized spacial score (nSPS) is 19.2. The molecule has 7 nitrogen and oxygen atoms in total. The summed E-state index contributed by atoms with van der Waals surface area (Å²) in [6, 6.07) is 2.57. The molecule has 2 aromatic rings. The number of hydrogen-bond acceptors (Lipinski definition) is 7. The van der Waals surface area contributed by atoms with Crippen molar-refractivity contribution >= 4 is 44.0 Å². The van der Waals surface area contributed by atoms with Crippen molar-refractivity contribution in [2.75, 3.05) is 16.6 Å². The molecule has 2 unspecified atom stereocenters. The number of sulfonamides is 1. The second-order valence-corrected chi connectivity index (χ2v) is 9.73. The number of unbranched alkanes of at least 4 members (excludes halogenated alkanes) is 2. The topological polar surface area (TPSA) is 110 Å². The summed E-state index contributed by atoms with van der Waals surface area (Å²) in [5.41, 5.74) is 6.31. The van der Waals surface area contributed by atoms with Gasteiger partial charge in [-0.1, -0.05) is 24.4 Å². The van der Waals surface area contributed by atoms with Crippen LogP contribution in [0.25, 0.3) is 0 Å². The molecule has 0 radical (unpaired) electrons. The van der Waals surface area contributed by atoms with Gasteiger partial charge in [0.25, 0.3) is 10.0 Å². The second kappa shape index (κ2) is 9.34. The SMILES string of the molecule is NC1CCC1CCCCCNc1cc(F)c(S(=O)(=O)Nc2ncns2)cc1Cl. The summed E-state index contributed by atoms with van der Waals surface area (Å²) in [7, 11) is -4.13. The zero-order valence-electron chi connectivity index (χ0n) is 15.2. The third kappa shape index (κ3) is 5.31. The average Bonchev–Trinajstić information content (AvgIpc) is 3.14. The molecular weight excluding hydrogens is 425 g/mol. The van der Waals surface area contributed by atoms with Gasteiger partial charge >= 0.3 is 0 Å². The van der Waals surface area contributed by atoms with Gasteiger partial charge in [0.15, 0.2) is 0 Å². The van der Waals surface area contributed by atoms with E-state index in [1.54, 1.807) is 0 Å². The van der Waals surface area contributed by atoms with E-state index in [4.69, 9.17) is 17.3 Å². The number of aromatic nitrogens is 2. The molecule has 154 valence electrons. The van der Waals surface area contributed by atoms with E-state index in [0.717, 1.165) is 55.8 Å². The lowest BCUT2D eigenvalue weighted by molar-refractivity contribution is 0.235. The highest BCUT2D eigenvalue weighted by Gasteiger charge is 2.26. The Morgan fingerprint density at radius 2 is 2.11 bits per heavy atom. The standard InChI is InChI=1S/C17H23ClFN5O2S2/c18-12-8-16(28(25,26)24-17-22-10-23-27-17)13(19)9-15(12)21-7-3-1-2-4-11-5-6-14(11)20/h8-11,14,21H,1-7,20H2,(H,22,23,24). The molecule has 28 heavy (non-hydrogen) atoms. The van der Waals surface area contributed by atoms with Crippen molar-refractivity contribution in [3.05, 3.63) is 29.3 Å². The van der Waals surface area contributed by atoms with Crippen molar-refractivity contribution in [2.45, 2.75) is 49.5 Å². The van der Waals surface area contributed by atoms with Crippen LogP contribution in [0.4, 0.5) is 15.2 Å². The summed E-state index contributed by atoms with van der Waals surface area (Å²) in [5.74, 6) is -0.220. The maximum Gasteiger partial charge on any atom is 0.266 e. The van der Waals surface area contributed by atoms with Crippen molar-refractivity contribution in [3.63, 3.8) is 0 Å². The number of hydrogen-bond donors (Lipinski definition) is 3. The van der Waals surface area contributed by atoms with Gasteiger partial charge in [-0.15, -0.1) is 0 Å².